The van der Waals surface area contributed by atoms with Crippen LogP contribution in [-0.2, 0) is 27.2 Å². The van der Waals surface area contributed by atoms with Gasteiger partial charge in [0.2, 0.25) is 0 Å². The van der Waals surface area contributed by atoms with Crippen molar-refractivity contribution in [2.45, 2.75) is 44.4 Å². The Kier molecular flexibility index (Phi) is 7.48. The molecule has 0 spiro atoms. The second kappa shape index (κ2) is 11.1. The molecule has 12 heteroatoms. The van der Waals surface area contributed by atoms with Crippen LogP contribution in [0.5, 0.6) is 0 Å². The number of ether oxygens (including phenoxy) is 2. The van der Waals surface area contributed by atoms with Crippen molar-refractivity contribution in [2.24, 2.45) is 0 Å². The highest BCUT2D eigenvalue weighted by atomic mass is 16.5. The zero-order valence-corrected chi connectivity index (χ0v) is 21.1. The molecule has 2 saturated heterocycles. The first-order chi connectivity index (χ1) is 18.5. The van der Waals surface area contributed by atoms with Gasteiger partial charge in [0.1, 0.15) is 29.5 Å². The largest absolute Gasteiger partial charge is 0.379 e. The van der Waals surface area contributed by atoms with Crippen molar-refractivity contribution in [2.75, 3.05) is 48.9 Å². The number of aldehydes is 1. The van der Waals surface area contributed by atoms with Crippen LogP contribution in [0.15, 0.2) is 18.3 Å². The number of likely N-dealkylation sites (tertiary alicyclic amines) is 1. The Balaban J connectivity index is 1.34. The van der Waals surface area contributed by atoms with Gasteiger partial charge < -0.3 is 19.7 Å². The first-order valence-corrected chi connectivity index (χ1v) is 12.6. The molecule has 0 saturated carbocycles. The number of nitriles is 1. The molecule has 0 aliphatic carbocycles. The second-order valence-corrected chi connectivity index (χ2v) is 9.52. The van der Waals surface area contributed by atoms with Gasteiger partial charge in [-0.05, 0) is 30.9 Å². The smallest absolute Gasteiger partial charge is 0.328 e. The lowest BCUT2D eigenvalue weighted by molar-refractivity contribution is -0.136. The van der Waals surface area contributed by atoms with E-state index in [9.17, 15) is 19.6 Å². The summed E-state index contributed by atoms with van der Waals surface area (Å²) in [5.41, 5.74) is 2.62. The molecular weight excluding hydrogens is 490 g/mol. The van der Waals surface area contributed by atoms with E-state index in [1.54, 1.807) is 11.0 Å². The monoisotopic (exact) mass is 519 g/mol. The number of aryl methyl sites for hydroxylation is 1. The molecule has 12 nitrogen and oxygen atoms in total. The van der Waals surface area contributed by atoms with Crippen LogP contribution in [0.25, 0.3) is 0 Å². The van der Waals surface area contributed by atoms with Gasteiger partial charge >= 0.3 is 6.03 Å². The molecule has 38 heavy (non-hydrogen) atoms. The molecular formula is C26H29N7O5. The maximum Gasteiger partial charge on any atom is 0.328 e. The molecule has 5 heterocycles. The van der Waals surface area contributed by atoms with Gasteiger partial charge in [-0.25, -0.2) is 14.8 Å². The lowest BCUT2D eigenvalue weighted by Crippen LogP contribution is -2.40. The van der Waals surface area contributed by atoms with Gasteiger partial charge in [0.15, 0.2) is 6.29 Å². The van der Waals surface area contributed by atoms with E-state index in [1.807, 2.05) is 6.07 Å². The average molecular weight is 520 g/mol. The van der Waals surface area contributed by atoms with E-state index in [1.165, 1.54) is 18.2 Å². The first kappa shape index (κ1) is 25.6. The molecule has 0 radical (unpaired) electrons. The quantitative estimate of drug-likeness (QED) is 0.524. The van der Waals surface area contributed by atoms with Gasteiger partial charge in [-0.1, -0.05) is 0 Å². The van der Waals surface area contributed by atoms with Crippen LogP contribution in [0.2, 0.25) is 0 Å². The Labute approximate surface area is 219 Å². The van der Waals surface area contributed by atoms with Crippen molar-refractivity contribution >= 4 is 35.5 Å². The lowest BCUT2D eigenvalue weighted by Gasteiger charge is -2.29. The number of nitrogens with one attached hydrogen (secondary N) is 2. The number of urea groups is 1. The lowest BCUT2D eigenvalue weighted by atomic mass is 10.0. The summed E-state index contributed by atoms with van der Waals surface area (Å²) in [6.45, 7) is 2.43. The Morgan fingerprint density at radius 1 is 1.34 bits per heavy atom. The fourth-order valence-electron chi connectivity index (χ4n) is 5.05. The molecule has 2 aromatic heterocycles. The molecule has 3 aliphatic rings. The highest BCUT2D eigenvalue weighted by Gasteiger charge is 2.33. The molecule has 3 amide bonds. The van der Waals surface area contributed by atoms with Crippen molar-refractivity contribution < 1.29 is 23.9 Å². The number of methoxy groups -OCH3 is 1. The summed E-state index contributed by atoms with van der Waals surface area (Å²) in [6.07, 6.45) is 4.45. The Morgan fingerprint density at radius 2 is 2.21 bits per heavy atom. The zero-order chi connectivity index (χ0) is 26.6. The number of fused-ring (bicyclic) bond motifs is 1. The summed E-state index contributed by atoms with van der Waals surface area (Å²) in [5.74, 6) is 0.597. The van der Waals surface area contributed by atoms with E-state index in [0.29, 0.717) is 74.5 Å². The third kappa shape index (κ3) is 5.16. The van der Waals surface area contributed by atoms with Gasteiger partial charge in [0.05, 0.1) is 23.9 Å². The van der Waals surface area contributed by atoms with Crippen LogP contribution in [0.1, 0.15) is 46.4 Å². The predicted octanol–water partition coefficient (Wildman–Crippen LogP) is 2.09. The summed E-state index contributed by atoms with van der Waals surface area (Å²) in [5, 5.41) is 15.5. The van der Waals surface area contributed by atoms with Crippen molar-refractivity contribution in [1.82, 2.24) is 14.9 Å². The van der Waals surface area contributed by atoms with Crippen LogP contribution >= 0.6 is 0 Å². The van der Waals surface area contributed by atoms with E-state index in [0.717, 1.165) is 12.0 Å². The number of nitrogens with zero attached hydrogens (tertiary/aromatic N) is 5. The molecule has 0 unspecified atom stereocenters. The van der Waals surface area contributed by atoms with Gasteiger partial charge in [-0.2, -0.15) is 5.26 Å². The number of carbonyl (C=O) groups excluding carboxylic acids is 3. The highest BCUT2D eigenvalue weighted by molar-refractivity contribution is 6.02. The number of aromatic nitrogens is 2. The maximum atomic E-state index is 13.3. The number of carbonyl (C=O) groups is 3. The minimum absolute atomic E-state index is 0.0819. The number of rotatable bonds is 7. The first-order valence-electron chi connectivity index (χ1n) is 12.6. The Hall–Kier alpha value is -4.08. The zero-order valence-electron chi connectivity index (χ0n) is 21.1. The third-order valence-corrected chi connectivity index (χ3v) is 7.07. The van der Waals surface area contributed by atoms with E-state index < -0.39 is 12.1 Å². The van der Waals surface area contributed by atoms with Crippen LogP contribution in [0.4, 0.5) is 22.1 Å². The highest BCUT2D eigenvalue weighted by Crippen LogP contribution is 2.29. The van der Waals surface area contributed by atoms with Crippen LogP contribution in [-0.4, -0.2) is 78.7 Å². The van der Waals surface area contributed by atoms with Crippen molar-refractivity contribution in [1.29, 1.82) is 5.26 Å². The number of pyridine rings is 2. The molecule has 2 aromatic rings. The normalized spacial score (nSPS) is 20.7. The minimum Gasteiger partial charge on any atom is -0.379 e. The number of hydrogen-bond donors (Lipinski definition) is 2. The minimum atomic E-state index is -0.461. The summed E-state index contributed by atoms with van der Waals surface area (Å²) in [7, 11) is 1.51. The summed E-state index contributed by atoms with van der Waals surface area (Å²) < 4.78 is 10.6. The SMILES string of the molecule is CO[C@@H]1CCN(Cc2cc3c(nc2C=O)N(C(=O)Nc2cc(N[C@H]4CCOC4)c(C#N)cn2)CCC3)C1=O. The van der Waals surface area contributed by atoms with Gasteiger partial charge in [-0.3, -0.25) is 19.8 Å². The van der Waals surface area contributed by atoms with E-state index in [2.05, 4.69) is 26.7 Å². The third-order valence-electron chi connectivity index (χ3n) is 7.07. The summed E-state index contributed by atoms with van der Waals surface area (Å²) in [4.78, 5) is 49.6. The summed E-state index contributed by atoms with van der Waals surface area (Å²) >= 11 is 0. The van der Waals surface area contributed by atoms with Gasteiger partial charge in [-0.15, -0.1) is 0 Å². The number of anilines is 3. The Morgan fingerprint density at radius 3 is 2.92 bits per heavy atom. The molecule has 198 valence electrons. The van der Waals surface area contributed by atoms with Gasteiger partial charge in [0, 0.05) is 57.6 Å². The molecule has 2 atom stereocenters. The molecule has 2 fully saturated rings. The molecule has 3 aliphatic heterocycles. The van der Waals surface area contributed by atoms with Crippen molar-refractivity contribution in [3.8, 4) is 6.07 Å². The maximum absolute atomic E-state index is 13.3. The number of amides is 3. The van der Waals surface area contributed by atoms with E-state index in [4.69, 9.17) is 9.47 Å². The predicted molar refractivity (Wildman–Crippen MR) is 137 cm³/mol. The average Bonchev–Trinajstić information content (AvgIpc) is 3.57. The second-order valence-electron chi connectivity index (χ2n) is 9.52. The van der Waals surface area contributed by atoms with Gasteiger partial charge in [0.25, 0.3) is 5.91 Å². The molecule has 0 aromatic carbocycles. The van der Waals surface area contributed by atoms with Crippen molar-refractivity contribution in [3.63, 3.8) is 0 Å². The molecule has 0 bridgehead atoms. The standard InChI is InChI=1S/C26H29N7O5/c1-37-22-4-7-32(25(22)35)13-17-9-16-3-2-6-33(24(16)30-21(17)14-34)26(36)31-23-10-20(18(11-27)12-28-23)29-19-5-8-38-15-19/h9-10,12,14,19,22H,2-8,13,15H2,1H3,(H2,28,29,31,36)/t19-,22+/m0/s1. The van der Waals surface area contributed by atoms with Crippen LogP contribution in [0, 0.1) is 11.3 Å². The van der Waals surface area contributed by atoms with Crippen molar-refractivity contribution in [3.05, 3.63) is 40.7 Å². The van der Waals surface area contributed by atoms with E-state index in [-0.39, 0.29) is 30.0 Å². The number of hydrogen-bond acceptors (Lipinski definition) is 9. The Bertz CT molecular complexity index is 1290. The van der Waals surface area contributed by atoms with Crippen LogP contribution < -0.4 is 15.5 Å². The van der Waals surface area contributed by atoms with Crippen LogP contribution in [0.3, 0.4) is 0 Å². The topological polar surface area (TPSA) is 150 Å². The summed E-state index contributed by atoms with van der Waals surface area (Å²) in [6, 6.07) is 5.26. The molecule has 5 rings (SSSR count). The van der Waals surface area contributed by atoms with E-state index >= 15 is 0 Å². The molecule has 2 N–H and O–H groups in total. The fraction of sp³-hybridized carbons (Fsp3) is 0.462. The fourth-order valence-corrected chi connectivity index (χ4v) is 5.05.